The number of aryl methyl sites for hydroxylation is 2. The average Bonchev–Trinajstić information content (AvgIpc) is 3.42. The highest BCUT2D eigenvalue weighted by molar-refractivity contribution is 6.05. The van der Waals surface area contributed by atoms with Crippen LogP contribution >= 0.6 is 0 Å². The first-order chi connectivity index (χ1) is 14.3. The fourth-order valence-corrected chi connectivity index (χ4v) is 3.39. The number of rotatable bonds is 5. The maximum absolute atomic E-state index is 12.9. The molecule has 0 aliphatic rings. The zero-order valence-electron chi connectivity index (χ0n) is 17.7. The molecule has 7 nitrogen and oxygen atoms in total. The number of hydrogen-bond acceptors (Lipinski definition) is 5. The van der Waals surface area contributed by atoms with Gasteiger partial charge in [0.15, 0.2) is 5.82 Å². The minimum Gasteiger partial charge on any atom is -0.441 e. The van der Waals surface area contributed by atoms with Crippen molar-refractivity contribution in [1.29, 1.82) is 0 Å². The number of carbonyl (C=O) groups excluding carboxylic acids is 1. The molecule has 7 heteroatoms. The van der Waals surface area contributed by atoms with E-state index < -0.39 is 0 Å². The maximum atomic E-state index is 12.9. The van der Waals surface area contributed by atoms with Crippen LogP contribution in [0.4, 0.5) is 5.69 Å². The molecule has 1 aromatic carbocycles. The van der Waals surface area contributed by atoms with E-state index in [0.29, 0.717) is 23.0 Å². The van der Waals surface area contributed by atoms with Gasteiger partial charge in [-0.1, -0.05) is 19.0 Å². The predicted molar refractivity (Wildman–Crippen MR) is 114 cm³/mol. The Morgan fingerprint density at radius 1 is 1.10 bits per heavy atom. The molecule has 0 saturated carbocycles. The smallest absolute Gasteiger partial charge is 0.257 e. The molecule has 4 aromatic rings. The van der Waals surface area contributed by atoms with Gasteiger partial charge >= 0.3 is 0 Å². The molecule has 0 unspecified atom stereocenters. The van der Waals surface area contributed by atoms with Crippen molar-refractivity contribution < 1.29 is 13.7 Å². The molecule has 0 aliphatic carbocycles. The number of benzene rings is 1. The van der Waals surface area contributed by atoms with Crippen molar-refractivity contribution in [3.05, 3.63) is 71.1 Å². The normalized spacial score (nSPS) is 11.3. The molecule has 0 atom stereocenters. The molecular weight excluding hydrogens is 380 g/mol. The first-order valence-electron chi connectivity index (χ1n) is 9.83. The summed E-state index contributed by atoms with van der Waals surface area (Å²) >= 11 is 0. The van der Waals surface area contributed by atoms with Gasteiger partial charge in [0.2, 0.25) is 5.89 Å². The van der Waals surface area contributed by atoms with Crippen molar-refractivity contribution in [3.63, 3.8) is 0 Å². The Kier molecular flexibility index (Phi) is 5.03. The second-order valence-electron chi connectivity index (χ2n) is 7.67. The van der Waals surface area contributed by atoms with E-state index in [1.807, 2.05) is 61.7 Å². The third-order valence-corrected chi connectivity index (χ3v) is 5.00. The molecule has 3 aromatic heterocycles. The fourth-order valence-electron chi connectivity index (χ4n) is 3.39. The minimum atomic E-state index is -0.180. The number of oxazole rings is 1. The summed E-state index contributed by atoms with van der Waals surface area (Å²) in [6.45, 7) is 9.78. The van der Waals surface area contributed by atoms with Gasteiger partial charge in [-0.15, -0.1) is 0 Å². The highest BCUT2D eigenvalue weighted by Crippen LogP contribution is 2.25. The van der Waals surface area contributed by atoms with Crippen molar-refractivity contribution in [3.8, 4) is 17.3 Å². The molecule has 0 spiro atoms. The SMILES string of the molecule is Cc1cc(-n2c(C)cc(C(=O)Nc3ccc(-c4ncc(C(C)C)o4)cc3)c2C)no1. The van der Waals surface area contributed by atoms with Gasteiger partial charge in [0.1, 0.15) is 11.5 Å². The first kappa shape index (κ1) is 19.7. The van der Waals surface area contributed by atoms with Crippen LogP contribution in [0, 0.1) is 20.8 Å². The molecule has 154 valence electrons. The van der Waals surface area contributed by atoms with Crippen LogP contribution in [0.5, 0.6) is 0 Å². The van der Waals surface area contributed by atoms with E-state index >= 15 is 0 Å². The first-order valence-corrected chi connectivity index (χ1v) is 9.83. The number of carbonyl (C=O) groups is 1. The number of nitrogens with one attached hydrogen (secondary N) is 1. The largest absolute Gasteiger partial charge is 0.441 e. The van der Waals surface area contributed by atoms with E-state index in [0.717, 1.165) is 28.5 Å². The molecular formula is C23H24N4O3. The molecule has 3 heterocycles. The standard InChI is InChI=1S/C23H24N4O3/c1-13(2)20-12-24-23(29-20)17-6-8-18(9-7-17)25-22(28)19-10-14(3)27(16(19)5)21-11-15(4)30-26-21/h6-13H,1-5H3,(H,25,28). The Bertz CT molecular complexity index is 1200. The van der Waals surface area contributed by atoms with Gasteiger partial charge in [-0.25, -0.2) is 4.98 Å². The second kappa shape index (κ2) is 7.67. The summed E-state index contributed by atoms with van der Waals surface area (Å²) in [4.78, 5) is 17.2. The van der Waals surface area contributed by atoms with Gasteiger partial charge in [-0.2, -0.15) is 0 Å². The Morgan fingerprint density at radius 3 is 2.43 bits per heavy atom. The predicted octanol–water partition coefficient (Wildman–Crippen LogP) is 5.42. The van der Waals surface area contributed by atoms with Crippen molar-refractivity contribution in [2.45, 2.75) is 40.5 Å². The highest BCUT2D eigenvalue weighted by atomic mass is 16.5. The Morgan fingerprint density at radius 2 is 1.83 bits per heavy atom. The van der Waals surface area contributed by atoms with Crippen LogP contribution in [0.15, 0.2) is 51.5 Å². The fraction of sp³-hybridized carbons (Fsp3) is 0.261. The minimum absolute atomic E-state index is 0.180. The van der Waals surface area contributed by atoms with Crippen molar-refractivity contribution >= 4 is 11.6 Å². The third kappa shape index (κ3) is 3.66. The summed E-state index contributed by atoms with van der Waals surface area (Å²) in [5.41, 5.74) is 3.86. The van der Waals surface area contributed by atoms with Gasteiger partial charge in [0.25, 0.3) is 5.91 Å². The van der Waals surface area contributed by atoms with Crippen molar-refractivity contribution in [1.82, 2.24) is 14.7 Å². The van der Waals surface area contributed by atoms with Crippen LogP contribution < -0.4 is 5.32 Å². The molecule has 0 saturated heterocycles. The number of aromatic nitrogens is 3. The highest BCUT2D eigenvalue weighted by Gasteiger charge is 2.19. The van der Waals surface area contributed by atoms with E-state index in [9.17, 15) is 4.79 Å². The summed E-state index contributed by atoms with van der Waals surface area (Å²) in [5.74, 6) is 2.90. The van der Waals surface area contributed by atoms with Gasteiger partial charge in [-0.3, -0.25) is 9.36 Å². The van der Waals surface area contributed by atoms with Gasteiger partial charge in [-0.05, 0) is 51.1 Å². The molecule has 4 rings (SSSR count). The lowest BCUT2D eigenvalue weighted by Gasteiger charge is -2.07. The summed E-state index contributed by atoms with van der Waals surface area (Å²) in [5, 5.41) is 7.01. The summed E-state index contributed by atoms with van der Waals surface area (Å²) in [7, 11) is 0. The van der Waals surface area contributed by atoms with E-state index in [4.69, 9.17) is 8.94 Å². The van der Waals surface area contributed by atoms with E-state index in [1.54, 1.807) is 6.20 Å². The van der Waals surface area contributed by atoms with Crippen LogP contribution in [0.2, 0.25) is 0 Å². The average molecular weight is 404 g/mol. The Hall–Kier alpha value is -3.61. The number of anilines is 1. The summed E-state index contributed by atoms with van der Waals surface area (Å²) in [6, 6.07) is 11.1. The number of nitrogens with zero attached hydrogens (tertiary/aromatic N) is 3. The summed E-state index contributed by atoms with van der Waals surface area (Å²) < 4.78 is 12.9. The summed E-state index contributed by atoms with van der Waals surface area (Å²) in [6.07, 6.45) is 1.75. The molecule has 0 bridgehead atoms. The quantitative estimate of drug-likeness (QED) is 0.480. The zero-order valence-corrected chi connectivity index (χ0v) is 17.7. The van der Waals surface area contributed by atoms with Gasteiger partial charge in [0.05, 0.1) is 11.8 Å². The van der Waals surface area contributed by atoms with Crippen molar-refractivity contribution in [2.75, 3.05) is 5.32 Å². The van der Waals surface area contributed by atoms with Crippen LogP contribution in [-0.2, 0) is 0 Å². The van der Waals surface area contributed by atoms with Crippen LogP contribution in [0.3, 0.4) is 0 Å². The van der Waals surface area contributed by atoms with Crippen LogP contribution in [0.1, 0.15) is 53.0 Å². The number of hydrogen-bond donors (Lipinski definition) is 1. The Labute approximate surface area is 174 Å². The molecule has 0 radical (unpaired) electrons. The Balaban J connectivity index is 1.53. The molecule has 1 N–H and O–H groups in total. The third-order valence-electron chi connectivity index (χ3n) is 5.00. The van der Waals surface area contributed by atoms with Crippen LogP contribution in [0.25, 0.3) is 17.3 Å². The van der Waals surface area contributed by atoms with Crippen LogP contribution in [-0.4, -0.2) is 20.6 Å². The molecule has 0 aliphatic heterocycles. The topological polar surface area (TPSA) is 86.1 Å². The lowest BCUT2D eigenvalue weighted by Crippen LogP contribution is -2.13. The molecule has 1 amide bonds. The monoisotopic (exact) mass is 404 g/mol. The molecule has 0 fully saturated rings. The maximum Gasteiger partial charge on any atom is 0.257 e. The van der Waals surface area contributed by atoms with Gasteiger partial charge in [0, 0.05) is 34.6 Å². The van der Waals surface area contributed by atoms with E-state index in [1.165, 1.54) is 0 Å². The lowest BCUT2D eigenvalue weighted by atomic mass is 10.2. The molecule has 30 heavy (non-hydrogen) atoms. The zero-order chi connectivity index (χ0) is 21.4. The van der Waals surface area contributed by atoms with E-state index in [-0.39, 0.29) is 11.8 Å². The van der Waals surface area contributed by atoms with Crippen molar-refractivity contribution in [2.24, 2.45) is 0 Å². The van der Waals surface area contributed by atoms with E-state index in [2.05, 4.69) is 29.3 Å². The second-order valence-corrected chi connectivity index (χ2v) is 7.67. The lowest BCUT2D eigenvalue weighted by molar-refractivity contribution is 0.102. The number of amides is 1. The van der Waals surface area contributed by atoms with Gasteiger partial charge < -0.3 is 14.3 Å².